The number of aromatic amines is 1. The van der Waals surface area contributed by atoms with Crippen LogP contribution in [0.2, 0.25) is 0 Å². The molecule has 1 fully saturated rings. The average molecular weight is 347 g/mol. The highest BCUT2D eigenvalue weighted by atomic mass is 32.1. The summed E-state index contributed by atoms with van der Waals surface area (Å²) in [5.74, 6) is 1.59. The number of rotatable bonds is 3. The third-order valence-corrected chi connectivity index (χ3v) is 7.11. The van der Waals surface area contributed by atoms with E-state index in [-0.39, 0.29) is 5.56 Å². The van der Waals surface area contributed by atoms with E-state index in [1.807, 2.05) is 0 Å². The molecular formula is C19H28N3OS+. The van der Waals surface area contributed by atoms with Crippen LogP contribution in [0.4, 0.5) is 0 Å². The zero-order valence-corrected chi connectivity index (χ0v) is 15.6. The lowest BCUT2D eigenvalue weighted by molar-refractivity contribution is -0.921. The van der Waals surface area contributed by atoms with Gasteiger partial charge in [0.15, 0.2) is 5.82 Å². The molecule has 130 valence electrons. The monoisotopic (exact) mass is 346 g/mol. The molecule has 2 N–H and O–H groups in total. The molecule has 0 aliphatic heterocycles. The van der Waals surface area contributed by atoms with E-state index in [0.717, 1.165) is 47.4 Å². The smallest absolute Gasteiger partial charge is 0.260 e. The van der Waals surface area contributed by atoms with Gasteiger partial charge in [0.1, 0.15) is 11.4 Å². The van der Waals surface area contributed by atoms with Crippen molar-refractivity contribution >= 4 is 21.6 Å². The minimum Gasteiger partial charge on any atom is -0.329 e. The minimum atomic E-state index is 0.0819. The number of fused-ring (bicyclic) bond motifs is 3. The number of quaternary nitrogens is 1. The molecule has 4 rings (SSSR count). The third-order valence-electron chi connectivity index (χ3n) is 5.96. The molecule has 2 aliphatic carbocycles. The largest absolute Gasteiger partial charge is 0.329 e. The summed E-state index contributed by atoms with van der Waals surface area (Å²) < 4.78 is 0. The fraction of sp³-hybridized carbons (Fsp3) is 0.684. The molecule has 0 aromatic carbocycles. The van der Waals surface area contributed by atoms with Crippen molar-refractivity contribution in [2.45, 2.75) is 70.9 Å². The SMILES string of the molecule is C[C@@H]1CCc2c(sc3nc(C[NH+](C)C4CCCCC4)[nH]c(=O)c23)C1. The van der Waals surface area contributed by atoms with Crippen molar-refractivity contribution < 1.29 is 4.90 Å². The van der Waals surface area contributed by atoms with E-state index in [0.29, 0.717) is 0 Å². The van der Waals surface area contributed by atoms with E-state index in [1.165, 1.54) is 53.9 Å². The van der Waals surface area contributed by atoms with Crippen LogP contribution in [-0.4, -0.2) is 23.1 Å². The summed E-state index contributed by atoms with van der Waals surface area (Å²) in [5, 5.41) is 0.876. The Morgan fingerprint density at radius 2 is 2.04 bits per heavy atom. The zero-order chi connectivity index (χ0) is 16.7. The first-order chi connectivity index (χ1) is 11.6. The molecule has 4 nitrogen and oxygen atoms in total. The van der Waals surface area contributed by atoms with Crippen LogP contribution in [0.1, 0.15) is 61.7 Å². The van der Waals surface area contributed by atoms with Gasteiger partial charge in [-0.25, -0.2) is 4.98 Å². The van der Waals surface area contributed by atoms with E-state index >= 15 is 0 Å². The highest BCUT2D eigenvalue weighted by Gasteiger charge is 2.25. The molecule has 5 heteroatoms. The van der Waals surface area contributed by atoms with Gasteiger partial charge in [-0.05, 0) is 56.4 Å². The maximum atomic E-state index is 12.7. The van der Waals surface area contributed by atoms with Crippen molar-refractivity contribution in [3.63, 3.8) is 0 Å². The van der Waals surface area contributed by atoms with Crippen LogP contribution in [0.5, 0.6) is 0 Å². The van der Waals surface area contributed by atoms with E-state index < -0.39 is 0 Å². The number of nitrogens with one attached hydrogen (secondary N) is 2. The summed E-state index contributed by atoms with van der Waals surface area (Å²) in [6.45, 7) is 3.13. The molecule has 1 saturated carbocycles. The molecule has 2 aromatic rings. The predicted molar refractivity (Wildman–Crippen MR) is 98.9 cm³/mol. The summed E-state index contributed by atoms with van der Waals surface area (Å²) in [5.41, 5.74) is 1.36. The molecule has 2 heterocycles. The maximum Gasteiger partial charge on any atom is 0.260 e. The second-order valence-electron chi connectivity index (χ2n) is 7.90. The van der Waals surface area contributed by atoms with Gasteiger partial charge >= 0.3 is 0 Å². The molecule has 2 aliphatic rings. The van der Waals surface area contributed by atoms with Crippen LogP contribution in [0, 0.1) is 5.92 Å². The van der Waals surface area contributed by atoms with Crippen molar-refractivity contribution in [3.8, 4) is 0 Å². The van der Waals surface area contributed by atoms with Crippen molar-refractivity contribution in [2.75, 3.05) is 7.05 Å². The molecule has 0 spiro atoms. The lowest BCUT2D eigenvalue weighted by Gasteiger charge is -2.27. The van der Waals surface area contributed by atoms with Crippen LogP contribution in [0.3, 0.4) is 0 Å². The van der Waals surface area contributed by atoms with Gasteiger partial charge in [0, 0.05) is 4.88 Å². The average Bonchev–Trinajstić information content (AvgIpc) is 2.93. The first-order valence-corrected chi connectivity index (χ1v) is 10.3. The van der Waals surface area contributed by atoms with Crippen molar-refractivity contribution in [1.82, 2.24) is 9.97 Å². The molecule has 0 bridgehead atoms. The van der Waals surface area contributed by atoms with Crippen LogP contribution in [-0.2, 0) is 19.4 Å². The van der Waals surface area contributed by atoms with Crippen molar-refractivity contribution in [3.05, 3.63) is 26.6 Å². The maximum absolute atomic E-state index is 12.7. The lowest BCUT2D eigenvalue weighted by Crippen LogP contribution is -3.11. The van der Waals surface area contributed by atoms with Gasteiger partial charge in [0.05, 0.1) is 18.5 Å². The van der Waals surface area contributed by atoms with Gasteiger partial charge in [-0.3, -0.25) is 4.79 Å². The minimum absolute atomic E-state index is 0.0819. The Hall–Kier alpha value is -1.20. The van der Waals surface area contributed by atoms with Crippen LogP contribution in [0.15, 0.2) is 4.79 Å². The van der Waals surface area contributed by atoms with Crippen LogP contribution in [0.25, 0.3) is 10.2 Å². The standard InChI is InChI=1S/C19H27N3OS/c1-12-8-9-14-15(10-12)24-19-17(14)18(23)20-16(21-19)11-22(2)13-6-4-3-5-7-13/h12-13H,3-11H2,1-2H3,(H,20,21,23)/p+1/t12-/m1/s1. The third kappa shape index (κ3) is 3.04. The van der Waals surface area contributed by atoms with Crippen molar-refractivity contribution in [2.24, 2.45) is 5.92 Å². The number of aromatic nitrogens is 2. The quantitative estimate of drug-likeness (QED) is 0.897. The molecule has 1 unspecified atom stereocenters. The van der Waals surface area contributed by atoms with E-state index in [9.17, 15) is 4.79 Å². The Morgan fingerprint density at radius 1 is 1.25 bits per heavy atom. The summed E-state index contributed by atoms with van der Waals surface area (Å²) in [4.78, 5) is 24.5. The first kappa shape index (κ1) is 16.3. The van der Waals surface area contributed by atoms with Crippen LogP contribution < -0.4 is 10.5 Å². The molecule has 2 aromatic heterocycles. The van der Waals surface area contributed by atoms with E-state index in [1.54, 1.807) is 11.3 Å². The Balaban J connectivity index is 1.62. The molecule has 0 radical (unpaired) electrons. The number of hydrogen-bond acceptors (Lipinski definition) is 3. The summed E-state index contributed by atoms with van der Waals surface area (Å²) >= 11 is 1.75. The van der Waals surface area contributed by atoms with Gasteiger partial charge < -0.3 is 9.88 Å². The number of hydrogen-bond donors (Lipinski definition) is 2. The molecule has 0 amide bonds. The number of nitrogens with zero attached hydrogens (tertiary/aromatic N) is 1. The Bertz CT molecular complexity index is 788. The molecular weight excluding hydrogens is 318 g/mol. The summed E-state index contributed by atoms with van der Waals surface area (Å²) in [6, 6.07) is 0.720. The summed E-state index contributed by atoms with van der Waals surface area (Å²) in [6.07, 6.45) is 10.0. The van der Waals surface area contributed by atoms with Gasteiger partial charge in [-0.2, -0.15) is 0 Å². The zero-order valence-electron chi connectivity index (χ0n) is 14.8. The topological polar surface area (TPSA) is 50.2 Å². The second-order valence-corrected chi connectivity index (χ2v) is 8.99. The van der Waals surface area contributed by atoms with Crippen LogP contribution >= 0.6 is 11.3 Å². The molecule has 0 saturated heterocycles. The van der Waals surface area contributed by atoms with Gasteiger partial charge in [0.2, 0.25) is 0 Å². The fourth-order valence-corrected chi connectivity index (χ4v) is 5.88. The van der Waals surface area contributed by atoms with Crippen molar-refractivity contribution in [1.29, 1.82) is 0 Å². The number of aryl methyl sites for hydroxylation is 1. The van der Waals surface area contributed by atoms with Gasteiger partial charge in [-0.1, -0.05) is 13.3 Å². The first-order valence-electron chi connectivity index (χ1n) is 9.47. The highest BCUT2D eigenvalue weighted by Crippen LogP contribution is 2.35. The Morgan fingerprint density at radius 3 is 2.83 bits per heavy atom. The number of H-pyrrole nitrogens is 1. The van der Waals surface area contributed by atoms with Gasteiger partial charge in [-0.15, -0.1) is 11.3 Å². The highest BCUT2D eigenvalue weighted by molar-refractivity contribution is 7.18. The Kier molecular flexibility index (Phi) is 4.48. The Labute approximate surface area is 147 Å². The fourth-order valence-electron chi connectivity index (χ4n) is 4.48. The predicted octanol–water partition coefficient (Wildman–Crippen LogP) is 2.46. The van der Waals surface area contributed by atoms with E-state index in [2.05, 4.69) is 19.0 Å². The number of thiophene rings is 1. The van der Waals surface area contributed by atoms with Gasteiger partial charge in [0.25, 0.3) is 5.56 Å². The second kappa shape index (κ2) is 6.60. The lowest BCUT2D eigenvalue weighted by atomic mass is 9.89. The van der Waals surface area contributed by atoms with E-state index in [4.69, 9.17) is 4.98 Å². The molecule has 2 atom stereocenters. The summed E-state index contributed by atoms with van der Waals surface area (Å²) in [7, 11) is 2.25. The molecule has 24 heavy (non-hydrogen) atoms. The normalized spacial score (nSPS) is 23.3.